The number of carbonyl (C=O) groups excluding carboxylic acids is 1. The highest BCUT2D eigenvalue weighted by Gasteiger charge is 2.29. The molecule has 1 aliphatic rings. The summed E-state index contributed by atoms with van der Waals surface area (Å²) in [4.78, 5) is 24.5. The molecular weight excluding hydrogens is 284 g/mol. The number of nitrogens with one attached hydrogen (secondary N) is 1. The molecule has 0 aliphatic carbocycles. The van der Waals surface area contributed by atoms with E-state index in [-0.39, 0.29) is 6.03 Å². The lowest BCUT2D eigenvalue weighted by Gasteiger charge is -2.23. The third kappa shape index (κ3) is 3.40. The molecule has 1 atom stereocenters. The number of likely N-dealkylation sites (tertiary alicyclic amines) is 1. The van der Waals surface area contributed by atoms with Crippen LogP contribution in [0.3, 0.4) is 0 Å². The largest absolute Gasteiger partial charge is 0.363 e. The molecule has 0 unspecified atom stereocenters. The Morgan fingerprint density at radius 2 is 2.32 bits per heavy atom. The van der Waals surface area contributed by atoms with Crippen LogP contribution in [-0.4, -0.2) is 57.1 Å². The molecule has 1 fully saturated rings. The van der Waals surface area contributed by atoms with Gasteiger partial charge >= 0.3 is 6.03 Å². The van der Waals surface area contributed by atoms with E-state index < -0.39 is 0 Å². The van der Waals surface area contributed by atoms with E-state index in [1.165, 1.54) is 6.26 Å². The number of anilines is 1. The predicted molar refractivity (Wildman–Crippen MR) is 79.0 cm³/mol. The third-order valence-electron chi connectivity index (χ3n) is 3.76. The van der Waals surface area contributed by atoms with Gasteiger partial charge in [0.05, 0.1) is 6.54 Å². The van der Waals surface area contributed by atoms with E-state index in [0.717, 1.165) is 12.2 Å². The Hall–Kier alpha value is -2.48. The van der Waals surface area contributed by atoms with Gasteiger partial charge in [-0.3, -0.25) is 10.2 Å². The van der Waals surface area contributed by atoms with Crippen LogP contribution in [0.4, 0.5) is 10.6 Å². The highest BCUT2D eigenvalue weighted by atomic mass is 16.5. The monoisotopic (exact) mass is 302 g/mol. The number of carbonyl (C=O) groups is 1. The lowest BCUT2D eigenvalue weighted by molar-refractivity contribution is 0.206. The van der Waals surface area contributed by atoms with Crippen LogP contribution < -0.4 is 5.32 Å². The molecule has 0 spiro atoms. The third-order valence-corrected chi connectivity index (χ3v) is 3.76. The van der Waals surface area contributed by atoms with E-state index in [9.17, 15) is 4.79 Å². The summed E-state index contributed by atoms with van der Waals surface area (Å²) in [5, 5.41) is 6.39. The molecule has 0 saturated carbocycles. The van der Waals surface area contributed by atoms with Crippen molar-refractivity contribution in [1.82, 2.24) is 24.9 Å². The first-order valence-corrected chi connectivity index (χ1v) is 7.15. The molecule has 0 radical (unpaired) electrons. The zero-order chi connectivity index (χ0) is 15.4. The minimum atomic E-state index is -0.152. The van der Waals surface area contributed by atoms with E-state index >= 15 is 0 Å². The summed E-state index contributed by atoms with van der Waals surface area (Å²) >= 11 is 0. The van der Waals surface area contributed by atoms with Gasteiger partial charge in [0.1, 0.15) is 12.1 Å². The molecule has 116 valence electrons. The number of rotatable bonds is 4. The number of nitrogens with zero attached hydrogens (tertiary/aromatic N) is 5. The number of hydrogen-bond donors (Lipinski definition) is 1. The van der Waals surface area contributed by atoms with Crippen LogP contribution in [0.1, 0.15) is 12.2 Å². The topological polar surface area (TPSA) is 87.4 Å². The van der Waals surface area contributed by atoms with Crippen molar-refractivity contribution in [2.75, 3.05) is 25.5 Å². The highest BCUT2D eigenvalue weighted by Crippen LogP contribution is 2.17. The van der Waals surface area contributed by atoms with Crippen molar-refractivity contribution >= 4 is 11.8 Å². The van der Waals surface area contributed by atoms with Crippen LogP contribution in [0.5, 0.6) is 0 Å². The molecule has 22 heavy (non-hydrogen) atoms. The first-order valence-electron chi connectivity index (χ1n) is 7.15. The van der Waals surface area contributed by atoms with Gasteiger partial charge in [-0.05, 0) is 19.5 Å². The first-order chi connectivity index (χ1) is 10.7. The average molecular weight is 302 g/mol. The molecule has 1 aliphatic heterocycles. The van der Waals surface area contributed by atoms with E-state index in [2.05, 4.69) is 25.3 Å². The molecule has 3 heterocycles. The maximum absolute atomic E-state index is 12.1. The quantitative estimate of drug-likeness (QED) is 0.913. The highest BCUT2D eigenvalue weighted by molar-refractivity contribution is 5.88. The Kier molecular flexibility index (Phi) is 4.29. The Bertz CT molecular complexity index is 603. The van der Waals surface area contributed by atoms with Gasteiger partial charge in [-0.25, -0.2) is 14.8 Å². The van der Waals surface area contributed by atoms with Gasteiger partial charge in [-0.2, -0.15) is 0 Å². The first kappa shape index (κ1) is 14.5. The maximum Gasteiger partial charge on any atom is 0.323 e. The Morgan fingerprint density at radius 3 is 3.05 bits per heavy atom. The van der Waals surface area contributed by atoms with E-state index in [0.29, 0.717) is 31.5 Å². The second-order valence-corrected chi connectivity index (χ2v) is 5.28. The van der Waals surface area contributed by atoms with Crippen LogP contribution in [0.2, 0.25) is 0 Å². The summed E-state index contributed by atoms with van der Waals surface area (Å²) in [5.41, 5.74) is 0. The molecule has 0 aromatic carbocycles. The minimum absolute atomic E-state index is 0.152. The smallest absolute Gasteiger partial charge is 0.323 e. The molecule has 1 saturated heterocycles. The van der Waals surface area contributed by atoms with Crippen molar-refractivity contribution in [2.45, 2.75) is 19.0 Å². The fraction of sp³-hybridized carbons (Fsp3) is 0.429. The van der Waals surface area contributed by atoms with Gasteiger partial charge in [0, 0.05) is 37.6 Å². The molecule has 1 N–H and O–H groups in total. The number of hydrogen-bond acceptors (Lipinski definition) is 6. The van der Waals surface area contributed by atoms with Gasteiger partial charge < -0.3 is 9.42 Å². The molecule has 2 aromatic rings. The summed E-state index contributed by atoms with van der Waals surface area (Å²) in [6, 6.07) is 3.56. The van der Waals surface area contributed by atoms with Crippen LogP contribution >= 0.6 is 0 Å². The average Bonchev–Trinajstić information content (AvgIpc) is 3.19. The molecular formula is C14H18N6O2. The van der Waals surface area contributed by atoms with Crippen LogP contribution in [0.15, 0.2) is 35.3 Å². The number of aromatic nitrogens is 3. The molecule has 3 rings (SSSR count). The SMILES string of the molecule is CN(Cc1ncccn1)[C@H]1CCN(C(=O)Nc2ccon2)C1. The van der Waals surface area contributed by atoms with Crippen molar-refractivity contribution in [2.24, 2.45) is 0 Å². The Balaban J connectivity index is 1.52. The number of urea groups is 1. The Labute approximate surface area is 128 Å². The maximum atomic E-state index is 12.1. The van der Waals surface area contributed by atoms with Crippen molar-refractivity contribution in [3.05, 3.63) is 36.6 Å². The van der Waals surface area contributed by atoms with Gasteiger partial charge in [0.25, 0.3) is 0 Å². The van der Waals surface area contributed by atoms with Crippen molar-refractivity contribution in [1.29, 1.82) is 0 Å². The fourth-order valence-electron chi connectivity index (χ4n) is 2.52. The fourth-order valence-corrected chi connectivity index (χ4v) is 2.52. The van der Waals surface area contributed by atoms with Gasteiger partial charge in [-0.15, -0.1) is 0 Å². The molecule has 8 nitrogen and oxygen atoms in total. The van der Waals surface area contributed by atoms with Crippen LogP contribution in [0.25, 0.3) is 0 Å². The van der Waals surface area contributed by atoms with Crippen LogP contribution in [0, 0.1) is 0 Å². The lowest BCUT2D eigenvalue weighted by Crippen LogP contribution is -2.38. The zero-order valence-electron chi connectivity index (χ0n) is 12.3. The second-order valence-electron chi connectivity index (χ2n) is 5.28. The van der Waals surface area contributed by atoms with Gasteiger partial charge in [0.15, 0.2) is 5.82 Å². The molecule has 0 bridgehead atoms. The zero-order valence-corrected chi connectivity index (χ0v) is 12.3. The second kappa shape index (κ2) is 6.52. The molecule has 2 aromatic heterocycles. The van der Waals surface area contributed by atoms with Crippen LogP contribution in [-0.2, 0) is 6.54 Å². The van der Waals surface area contributed by atoms with E-state index in [4.69, 9.17) is 4.52 Å². The minimum Gasteiger partial charge on any atom is -0.363 e. The number of amides is 2. The lowest BCUT2D eigenvalue weighted by atomic mass is 10.2. The van der Waals surface area contributed by atoms with E-state index in [1.807, 2.05) is 7.05 Å². The van der Waals surface area contributed by atoms with Gasteiger partial charge in [-0.1, -0.05) is 5.16 Å². The predicted octanol–water partition coefficient (Wildman–Crippen LogP) is 1.20. The summed E-state index contributed by atoms with van der Waals surface area (Å²) in [5.74, 6) is 1.22. The molecule has 8 heteroatoms. The summed E-state index contributed by atoms with van der Waals surface area (Å²) < 4.78 is 4.70. The molecule has 2 amide bonds. The summed E-state index contributed by atoms with van der Waals surface area (Å²) in [6.07, 6.45) is 5.83. The summed E-state index contributed by atoms with van der Waals surface area (Å²) in [7, 11) is 2.03. The van der Waals surface area contributed by atoms with Crippen molar-refractivity contribution in [3.8, 4) is 0 Å². The standard InChI is InChI=1S/C14H18N6O2/c1-19(10-13-15-5-2-6-16-13)11-3-7-20(9-11)14(21)17-12-4-8-22-18-12/h2,4-6,8,11H,3,7,9-10H2,1H3,(H,17,18,21)/t11-/m0/s1. The van der Waals surface area contributed by atoms with Crippen molar-refractivity contribution < 1.29 is 9.32 Å². The van der Waals surface area contributed by atoms with Crippen molar-refractivity contribution in [3.63, 3.8) is 0 Å². The number of likely N-dealkylation sites (N-methyl/N-ethyl adjacent to an activating group) is 1. The normalized spacial score (nSPS) is 17.9. The Morgan fingerprint density at radius 1 is 1.50 bits per heavy atom. The van der Waals surface area contributed by atoms with E-state index in [1.54, 1.807) is 29.4 Å². The summed E-state index contributed by atoms with van der Waals surface area (Å²) in [6.45, 7) is 2.06. The van der Waals surface area contributed by atoms with Gasteiger partial charge in [0.2, 0.25) is 0 Å².